The van der Waals surface area contributed by atoms with E-state index in [1.54, 1.807) is 7.11 Å². The smallest absolute Gasteiger partial charge is 0.324 e. The van der Waals surface area contributed by atoms with Crippen LogP contribution in [-0.4, -0.2) is 79.8 Å². The van der Waals surface area contributed by atoms with E-state index in [-0.39, 0.29) is 56.9 Å². The van der Waals surface area contributed by atoms with Gasteiger partial charge in [0.05, 0.1) is 19.8 Å². The molecule has 1 rings (SSSR count). The average Bonchev–Trinajstić information content (AvgIpc) is 2.85. The number of imide groups is 1. The Hall–Kier alpha value is -2.79. The van der Waals surface area contributed by atoms with Gasteiger partial charge in [0, 0.05) is 38.7 Å². The first-order valence-corrected chi connectivity index (χ1v) is 12.2. The Morgan fingerprint density at radius 2 is 1.72 bits per heavy atom. The van der Waals surface area contributed by atoms with Crippen LogP contribution in [0.4, 0.5) is 4.79 Å². The van der Waals surface area contributed by atoms with Crippen LogP contribution in [0, 0.1) is 5.92 Å². The quantitative estimate of drug-likeness (QED) is 0.135. The van der Waals surface area contributed by atoms with E-state index in [1.807, 2.05) is 37.3 Å². The Kier molecular flexibility index (Phi) is 16.0. The maximum Gasteiger partial charge on any atom is 0.324 e. The lowest BCUT2D eigenvalue weighted by Crippen LogP contribution is -2.46. The number of hydrogen-bond acceptors (Lipinski definition) is 7. The number of methoxy groups -OCH3 is 1. The van der Waals surface area contributed by atoms with Gasteiger partial charge in [-0.1, -0.05) is 50.3 Å². The predicted octanol–water partition coefficient (Wildman–Crippen LogP) is 3.35. The monoisotopic (exact) mass is 507 g/mol. The second-order valence-electron chi connectivity index (χ2n) is 8.44. The molecule has 0 radical (unpaired) electrons. The molecule has 1 aromatic rings. The summed E-state index contributed by atoms with van der Waals surface area (Å²) < 4.78 is 15.4. The number of nitrogens with zero attached hydrogens (tertiary/aromatic N) is 2. The van der Waals surface area contributed by atoms with Gasteiger partial charge in [0.15, 0.2) is 0 Å². The zero-order valence-corrected chi connectivity index (χ0v) is 21.7. The van der Waals surface area contributed by atoms with E-state index in [0.717, 1.165) is 12.0 Å². The lowest BCUT2D eigenvalue weighted by atomic mass is 9.94. The van der Waals surface area contributed by atoms with Crippen molar-refractivity contribution in [3.05, 3.63) is 48.2 Å². The summed E-state index contributed by atoms with van der Waals surface area (Å²) in [7, 11) is 1.58. The summed E-state index contributed by atoms with van der Waals surface area (Å²) in [6, 6.07) is 9.05. The fraction of sp³-hybridized carbons (Fsp3) is 0.577. The van der Waals surface area contributed by atoms with Crippen LogP contribution >= 0.6 is 0 Å². The van der Waals surface area contributed by atoms with Gasteiger partial charge in [-0.3, -0.25) is 19.7 Å². The van der Waals surface area contributed by atoms with Gasteiger partial charge in [-0.05, 0) is 31.2 Å². The van der Waals surface area contributed by atoms with Crippen molar-refractivity contribution in [2.24, 2.45) is 5.92 Å². The molecule has 0 aliphatic rings. The van der Waals surface area contributed by atoms with Gasteiger partial charge in [-0.25, -0.2) is 4.79 Å². The molecule has 0 unspecified atom stereocenters. The number of amides is 4. The van der Waals surface area contributed by atoms with E-state index in [1.165, 1.54) is 11.8 Å². The van der Waals surface area contributed by atoms with Crippen molar-refractivity contribution in [1.82, 2.24) is 15.3 Å². The minimum absolute atomic E-state index is 0.00958. The van der Waals surface area contributed by atoms with E-state index < -0.39 is 11.9 Å². The second-order valence-corrected chi connectivity index (χ2v) is 8.44. The van der Waals surface area contributed by atoms with Crippen LogP contribution in [0.1, 0.15) is 45.1 Å². The molecule has 10 nitrogen and oxygen atoms in total. The van der Waals surface area contributed by atoms with E-state index in [4.69, 9.17) is 14.2 Å². The van der Waals surface area contributed by atoms with Crippen molar-refractivity contribution < 1.29 is 33.8 Å². The largest absolute Gasteiger partial charge is 0.382 e. The number of urea groups is 1. The highest BCUT2D eigenvalue weighted by Crippen LogP contribution is 2.20. The van der Waals surface area contributed by atoms with Gasteiger partial charge in [0.25, 0.3) is 5.91 Å². The number of benzene rings is 1. The van der Waals surface area contributed by atoms with Crippen LogP contribution < -0.4 is 5.32 Å². The lowest BCUT2D eigenvalue weighted by Gasteiger charge is -2.25. The zero-order valence-electron chi connectivity index (χ0n) is 21.7. The van der Waals surface area contributed by atoms with Crippen LogP contribution in [0.25, 0.3) is 0 Å². The Labute approximate surface area is 214 Å². The van der Waals surface area contributed by atoms with Crippen molar-refractivity contribution in [2.45, 2.75) is 46.0 Å². The summed E-state index contributed by atoms with van der Waals surface area (Å²) in [6.45, 7) is 8.60. The molecule has 2 N–H and O–H groups in total. The third kappa shape index (κ3) is 12.8. The van der Waals surface area contributed by atoms with E-state index >= 15 is 0 Å². The molecule has 0 saturated carbocycles. The zero-order chi connectivity index (χ0) is 26.8. The van der Waals surface area contributed by atoms with Crippen molar-refractivity contribution in [1.29, 1.82) is 0 Å². The summed E-state index contributed by atoms with van der Waals surface area (Å²) >= 11 is 0. The van der Waals surface area contributed by atoms with Crippen LogP contribution in [0.15, 0.2) is 42.6 Å². The summed E-state index contributed by atoms with van der Waals surface area (Å²) in [4.78, 5) is 39.6. The molecule has 1 aromatic carbocycles. The van der Waals surface area contributed by atoms with Gasteiger partial charge in [-0.2, -0.15) is 5.06 Å². The average molecular weight is 508 g/mol. The number of hydroxylamine groups is 2. The van der Waals surface area contributed by atoms with E-state index in [2.05, 4.69) is 11.9 Å². The van der Waals surface area contributed by atoms with Crippen molar-refractivity contribution in [3.63, 3.8) is 0 Å². The number of ether oxygens (including phenoxy) is 3. The number of allylic oxidation sites excluding steroid dienone is 1. The van der Waals surface area contributed by atoms with Crippen LogP contribution in [0.3, 0.4) is 0 Å². The number of carbonyl (C=O) groups excluding carboxylic acids is 3. The molecule has 0 heterocycles. The minimum atomic E-state index is -0.529. The SMILES string of the molecule is C=C(C)N(O)C(=O)C[C@H](CCC)CC(=O)N(CCc1ccccc1)C(=O)NCCOCOCCOC. The number of nitrogens with one attached hydrogen (secondary N) is 1. The lowest BCUT2D eigenvalue weighted by molar-refractivity contribution is -0.158. The minimum Gasteiger partial charge on any atom is -0.382 e. The molecule has 0 saturated heterocycles. The van der Waals surface area contributed by atoms with E-state index in [9.17, 15) is 19.6 Å². The fourth-order valence-corrected chi connectivity index (χ4v) is 3.46. The van der Waals surface area contributed by atoms with Crippen molar-refractivity contribution in [2.75, 3.05) is 46.8 Å². The van der Waals surface area contributed by atoms with Gasteiger partial charge in [0.1, 0.15) is 6.79 Å². The maximum atomic E-state index is 13.2. The molecule has 0 bridgehead atoms. The molecule has 0 fully saturated rings. The Balaban J connectivity index is 2.74. The normalized spacial score (nSPS) is 11.6. The van der Waals surface area contributed by atoms with Crippen LogP contribution in [0.5, 0.6) is 0 Å². The first-order chi connectivity index (χ1) is 17.3. The third-order valence-corrected chi connectivity index (χ3v) is 5.36. The molecule has 36 heavy (non-hydrogen) atoms. The molecule has 0 aliphatic carbocycles. The highest BCUT2D eigenvalue weighted by Gasteiger charge is 2.26. The summed E-state index contributed by atoms with van der Waals surface area (Å²) in [5.74, 6) is -1.22. The van der Waals surface area contributed by atoms with Gasteiger partial charge >= 0.3 is 6.03 Å². The molecule has 10 heteroatoms. The second kappa shape index (κ2) is 18.5. The molecular formula is C26H41N3O7. The van der Waals surface area contributed by atoms with Crippen molar-refractivity contribution >= 4 is 17.8 Å². The summed E-state index contributed by atoms with van der Waals surface area (Å²) in [5, 5.41) is 13.1. The fourth-order valence-electron chi connectivity index (χ4n) is 3.46. The molecule has 202 valence electrons. The third-order valence-electron chi connectivity index (χ3n) is 5.36. The standard InChI is InChI=1S/C26H41N3O7/c1-5-9-23(19-25(31)29(33)21(2)3)18-24(30)28(14-12-22-10-7-6-8-11-22)26(32)27-13-15-35-20-36-17-16-34-4/h6-8,10-11,23,33H,2,5,9,12-20H2,1,3-4H3,(H,27,32)/t23-/m1/s1. The molecule has 0 aliphatic heterocycles. The first-order valence-electron chi connectivity index (χ1n) is 12.2. The maximum absolute atomic E-state index is 13.2. The van der Waals surface area contributed by atoms with Crippen LogP contribution in [0.2, 0.25) is 0 Å². The Bertz CT molecular complexity index is 804. The number of carbonyl (C=O) groups is 3. The molecule has 0 spiro atoms. The van der Waals surface area contributed by atoms with Crippen LogP contribution in [-0.2, 0) is 30.2 Å². The highest BCUT2D eigenvalue weighted by atomic mass is 16.7. The molecule has 1 atom stereocenters. The summed E-state index contributed by atoms with van der Waals surface area (Å²) in [6.07, 6.45) is 1.85. The van der Waals surface area contributed by atoms with E-state index in [0.29, 0.717) is 31.1 Å². The summed E-state index contributed by atoms with van der Waals surface area (Å²) in [5.41, 5.74) is 1.20. The number of hydrogen-bond donors (Lipinski definition) is 2. The van der Waals surface area contributed by atoms with Gasteiger partial charge < -0.3 is 19.5 Å². The first kappa shape index (κ1) is 31.2. The molecule has 4 amide bonds. The molecule has 0 aromatic heterocycles. The predicted molar refractivity (Wildman–Crippen MR) is 135 cm³/mol. The Morgan fingerprint density at radius 1 is 1.06 bits per heavy atom. The van der Waals surface area contributed by atoms with Gasteiger partial charge in [-0.15, -0.1) is 0 Å². The molecular weight excluding hydrogens is 466 g/mol. The number of rotatable bonds is 18. The highest BCUT2D eigenvalue weighted by molar-refractivity contribution is 5.94. The van der Waals surface area contributed by atoms with Gasteiger partial charge in [0.2, 0.25) is 5.91 Å². The topological polar surface area (TPSA) is 118 Å². The Morgan fingerprint density at radius 3 is 2.36 bits per heavy atom. The van der Waals surface area contributed by atoms with Crippen molar-refractivity contribution in [3.8, 4) is 0 Å².